The highest BCUT2D eigenvalue weighted by Crippen LogP contribution is 2.26. The van der Waals surface area contributed by atoms with Crippen LogP contribution in [0.5, 0.6) is 0 Å². The van der Waals surface area contributed by atoms with E-state index < -0.39 is 5.60 Å². The number of furan rings is 1. The lowest BCUT2D eigenvalue weighted by Crippen LogP contribution is -2.63. The maximum Gasteiger partial charge on any atom is 0.286 e. The van der Waals surface area contributed by atoms with Crippen LogP contribution in [0.25, 0.3) is 0 Å². The molecule has 2 amide bonds. The summed E-state index contributed by atoms with van der Waals surface area (Å²) in [5, 5.41) is 12.7. The lowest BCUT2D eigenvalue weighted by Gasteiger charge is -2.46. The number of aliphatic hydroxyl groups is 1. The van der Waals surface area contributed by atoms with E-state index in [0.29, 0.717) is 32.5 Å². The van der Waals surface area contributed by atoms with Gasteiger partial charge in [-0.2, -0.15) is 0 Å². The van der Waals surface area contributed by atoms with E-state index >= 15 is 0 Å². The van der Waals surface area contributed by atoms with Gasteiger partial charge in [0.2, 0.25) is 5.91 Å². The van der Waals surface area contributed by atoms with Gasteiger partial charge in [0.25, 0.3) is 5.91 Å². The predicted octanol–water partition coefficient (Wildman–Crippen LogP) is 1.16. The number of hydrogen-bond donors (Lipinski definition) is 2. The van der Waals surface area contributed by atoms with Crippen LogP contribution in [-0.4, -0.2) is 47.1 Å². The van der Waals surface area contributed by atoms with Crippen LogP contribution in [0.3, 0.4) is 0 Å². The minimum atomic E-state index is -0.683. The lowest BCUT2D eigenvalue weighted by atomic mass is 9.89. The van der Waals surface area contributed by atoms with E-state index in [1.54, 1.807) is 17.0 Å². The summed E-state index contributed by atoms with van der Waals surface area (Å²) in [5.74, 6) is 0.0328. The molecule has 0 saturated carbocycles. The van der Waals surface area contributed by atoms with Gasteiger partial charge in [0.1, 0.15) is 0 Å². The Morgan fingerprint density at radius 2 is 2.24 bits per heavy atom. The number of hydrogen-bond acceptors (Lipinski definition) is 4. The summed E-state index contributed by atoms with van der Waals surface area (Å²) in [6, 6.07) is 3.24. The quantitative estimate of drug-likeness (QED) is 0.739. The van der Waals surface area contributed by atoms with Crippen molar-refractivity contribution in [2.45, 2.75) is 38.2 Å². The number of likely N-dealkylation sites (tertiary alicyclic amines) is 1. The van der Waals surface area contributed by atoms with E-state index in [4.69, 9.17) is 4.42 Å². The van der Waals surface area contributed by atoms with Gasteiger partial charge in [-0.1, -0.05) is 13.3 Å². The van der Waals surface area contributed by atoms with Crippen LogP contribution in [0.1, 0.15) is 43.2 Å². The smallest absolute Gasteiger partial charge is 0.286 e. The Labute approximate surface area is 124 Å². The third-order valence-corrected chi connectivity index (χ3v) is 3.64. The summed E-state index contributed by atoms with van der Waals surface area (Å²) in [6.07, 6.45) is 4.04. The SMILES string of the molecule is CCCC1(O)CN(C(=O)CCCNC(=O)c2ccco2)C1. The summed E-state index contributed by atoms with van der Waals surface area (Å²) in [4.78, 5) is 25.1. The second kappa shape index (κ2) is 6.76. The van der Waals surface area contributed by atoms with Gasteiger partial charge >= 0.3 is 0 Å². The Morgan fingerprint density at radius 3 is 2.86 bits per heavy atom. The topological polar surface area (TPSA) is 82.8 Å². The average molecular weight is 294 g/mol. The molecule has 1 aliphatic heterocycles. The van der Waals surface area contributed by atoms with E-state index in [1.807, 2.05) is 6.92 Å². The third kappa shape index (κ3) is 4.07. The molecule has 0 bridgehead atoms. The zero-order valence-corrected chi connectivity index (χ0v) is 12.3. The molecule has 1 aliphatic rings. The number of carbonyl (C=O) groups is 2. The van der Waals surface area contributed by atoms with E-state index in [2.05, 4.69) is 5.32 Å². The average Bonchev–Trinajstić information content (AvgIpc) is 2.94. The maximum absolute atomic E-state index is 11.9. The molecule has 0 aromatic carbocycles. The molecule has 1 aromatic rings. The molecule has 0 atom stereocenters. The van der Waals surface area contributed by atoms with E-state index in [-0.39, 0.29) is 17.6 Å². The lowest BCUT2D eigenvalue weighted by molar-refractivity contribution is -0.156. The molecule has 0 spiro atoms. The molecule has 6 heteroatoms. The van der Waals surface area contributed by atoms with Crippen LogP contribution in [-0.2, 0) is 4.79 Å². The highest BCUT2D eigenvalue weighted by Gasteiger charge is 2.42. The highest BCUT2D eigenvalue weighted by molar-refractivity contribution is 5.91. The first kappa shape index (κ1) is 15.6. The molecular weight excluding hydrogens is 272 g/mol. The van der Waals surface area contributed by atoms with Gasteiger partial charge in [-0.05, 0) is 25.0 Å². The van der Waals surface area contributed by atoms with Crippen molar-refractivity contribution >= 4 is 11.8 Å². The van der Waals surface area contributed by atoms with Crippen LogP contribution < -0.4 is 5.32 Å². The zero-order chi connectivity index (χ0) is 15.3. The summed E-state index contributed by atoms with van der Waals surface area (Å²) in [6.45, 7) is 3.30. The first-order valence-corrected chi connectivity index (χ1v) is 7.36. The number of rotatable bonds is 7. The molecule has 116 valence electrons. The molecule has 1 saturated heterocycles. The van der Waals surface area contributed by atoms with Crippen molar-refractivity contribution in [3.8, 4) is 0 Å². The second-order valence-electron chi connectivity index (χ2n) is 5.56. The van der Waals surface area contributed by atoms with Gasteiger partial charge in [-0.3, -0.25) is 9.59 Å². The Hall–Kier alpha value is -1.82. The van der Waals surface area contributed by atoms with Gasteiger partial charge in [0.15, 0.2) is 5.76 Å². The molecule has 21 heavy (non-hydrogen) atoms. The van der Waals surface area contributed by atoms with Crippen molar-refractivity contribution in [3.05, 3.63) is 24.2 Å². The fourth-order valence-electron chi connectivity index (χ4n) is 2.56. The normalized spacial score (nSPS) is 16.4. The second-order valence-corrected chi connectivity index (χ2v) is 5.56. The van der Waals surface area contributed by atoms with Gasteiger partial charge in [-0.25, -0.2) is 0 Å². The Balaban J connectivity index is 1.59. The summed E-state index contributed by atoms with van der Waals surface area (Å²) < 4.78 is 4.97. The first-order valence-electron chi connectivity index (χ1n) is 7.36. The van der Waals surface area contributed by atoms with Crippen molar-refractivity contribution in [2.24, 2.45) is 0 Å². The van der Waals surface area contributed by atoms with Gasteiger partial charge in [-0.15, -0.1) is 0 Å². The van der Waals surface area contributed by atoms with Crippen LogP contribution in [0, 0.1) is 0 Å². The fraction of sp³-hybridized carbons (Fsp3) is 0.600. The Morgan fingerprint density at radius 1 is 1.48 bits per heavy atom. The number of carbonyl (C=O) groups excluding carboxylic acids is 2. The summed E-state index contributed by atoms with van der Waals surface area (Å²) >= 11 is 0. The molecule has 2 heterocycles. The predicted molar refractivity (Wildman–Crippen MR) is 76.7 cm³/mol. The number of nitrogens with zero attached hydrogens (tertiary/aromatic N) is 1. The van der Waals surface area contributed by atoms with Crippen molar-refractivity contribution in [1.29, 1.82) is 0 Å². The van der Waals surface area contributed by atoms with Crippen LogP contribution in [0.4, 0.5) is 0 Å². The van der Waals surface area contributed by atoms with Crippen LogP contribution >= 0.6 is 0 Å². The van der Waals surface area contributed by atoms with Gasteiger partial charge in [0, 0.05) is 13.0 Å². The number of amides is 2. The molecule has 1 aromatic heterocycles. The standard InChI is InChI=1S/C15H22N2O4/c1-2-7-15(20)10-17(11-15)13(18)6-3-8-16-14(19)12-5-4-9-21-12/h4-5,9,20H,2-3,6-8,10-11H2,1H3,(H,16,19). The van der Waals surface area contributed by atoms with E-state index in [0.717, 1.165) is 12.8 Å². The van der Waals surface area contributed by atoms with Crippen molar-refractivity contribution in [2.75, 3.05) is 19.6 Å². The maximum atomic E-state index is 11.9. The molecular formula is C15H22N2O4. The van der Waals surface area contributed by atoms with Crippen molar-refractivity contribution in [1.82, 2.24) is 10.2 Å². The molecule has 0 aliphatic carbocycles. The Kier molecular flexibility index (Phi) is 5.01. The molecule has 2 rings (SSSR count). The molecule has 2 N–H and O–H groups in total. The van der Waals surface area contributed by atoms with Crippen LogP contribution in [0.2, 0.25) is 0 Å². The number of β-amino-alcohol motifs (C(OH)–C–C–N with tert-alkyl or cyclic N) is 1. The van der Waals surface area contributed by atoms with Crippen molar-refractivity contribution < 1.29 is 19.1 Å². The van der Waals surface area contributed by atoms with Crippen molar-refractivity contribution in [3.63, 3.8) is 0 Å². The molecule has 1 fully saturated rings. The highest BCUT2D eigenvalue weighted by atomic mass is 16.3. The van der Waals surface area contributed by atoms with Gasteiger partial charge < -0.3 is 19.7 Å². The first-order chi connectivity index (χ1) is 10.0. The Bertz CT molecular complexity index is 478. The monoisotopic (exact) mass is 294 g/mol. The molecule has 0 radical (unpaired) electrons. The summed E-state index contributed by atoms with van der Waals surface area (Å²) in [5.41, 5.74) is -0.683. The fourth-order valence-corrected chi connectivity index (χ4v) is 2.56. The van der Waals surface area contributed by atoms with Crippen LogP contribution in [0.15, 0.2) is 22.8 Å². The largest absolute Gasteiger partial charge is 0.459 e. The summed E-state index contributed by atoms with van der Waals surface area (Å²) in [7, 11) is 0. The minimum absolute atomic E-state index is 0.0306. The third-order valence-electron chi connectivity index (χ3n) is 3.64. The minimum Gasteiger partial charge on any atom is -0.459 e. The van der Waals surface area contributed by atoms with E-state index in [9.17, 15) is 14.7 Å². The molecule has 0 unspecified atom stereocenters. The zero-order valence-electron chi connectivity index (χ0n) is 12.3. The van der Waals surface area contributed by atoms with E-state index in [1.165, 1.54) is 6.26 Å². The molecule has 6 nitrogen and oxygen atoms in total. The van der Waals surface area contributed by atoms with Gasteiger partial charge in [0.05, 0.1) is 25.0 Å². The number of nitrogens with one attached hydrogen (secondary N) is 1.